The maximum atomic E-state index is 10.5. The number of rotatable bonds is 0. The van der Waals surface area contributed by atoms with Crippen LogP contribution >= 0.6 is 0 Å². The number of carbonyl (C=O) groups is 1. The lowest BCUT2D eigenvalue weighted by atomic mass is 10.00. The van der Waals surface area contributed by atoms with E-state index in [0.717, 1.165) is 25.7 Å². The average Bonchev–Trinajstić information content (AvgIpc) is 1.69. The Labute approximate surface area is 87.6 Å². The fraction of sp³-hybridized carbons (Fsp3) is 0.833. The zero-order chi connectivity index (χ0) is 5.11. The van der Waals surface area contributed by atoms with Gasteiger partial charge in [0.1, 0.15) is 5.78 Å². The van der Waals surface area contributed by atoms with E-state index in [1.807, 2.05) is 0 Å². The molecule has 0 atom stereocenters. The van der Waals surface area contributed by atoms with Gasteiger partial charge in [-0.25, -0.2) is 0 Å². The largest absolute Gasteiger partial charge is 0.412 e. The Bertz CT molecular complexity index is 78.7. The van der Waals surface area contributed by atoms with Crippen LogP contribution in [0.2, 0.25) is 0 Å². The molecule has 0 saturated heterocycles. The average molecular weight is 242 g/mol. The molecule has 0 spiro atoms. The van der Waals surface area contributed by atoms with Crippen LogP contribution in [0, 0.1) is 0 Å². The summed E-state index contributed by atoms with van der Waals surface area (Å²) in [5.74, 6) is 0.464. The Morgan fingerprint density at radius 3 is 0.933 bits per heavy atom. The highest BCUT2D eigenvalue weighted by Gasteiger charge is 2.05. The summed E-state index contributed by atoms with van der Waals surface area (Å²) in [5, 5.41) is 0. The Balaban J connectivity index is -0.0000000102. The summed E-state index contributed by atoms with van der Waals surface area (Å²) < 4.78 is 0. The predicted molar refractivity (Wildman–Crippen MR) is 57.0 cm³/mol. The molecule has 0 aromatic heterocycles. The summed E-state index contributed by atoms with van der Waals surface area (Å²) >= 11 is 0. The monoisotopic (exact) mass is 242 g/mol. The minimum Gasteiger partial charge on any atom is -0.412 e. The highest BCUT2D eigenvalue weighted by molar-refractivity contribution is 5.78. The zero-order valence-corrected chi connectivity index (χ0v) is 8.44. The van der Waals surface area contributed by atoms with Crippen LogP contribution in [0.15, 0.2) is 0 Å². The lowest BCUT2D eigenvalue weighted by Crippen LogP contribution is -2.02. The van der Waals surface area contributed by atoms with Crippen LogP contribution in [0.5, 0.6) is 0 Å². The lowest BCUT2D eigenvalue weighted by molar-refractivity contribution is -0.120. The summed E-state index contributed by atoms with van der Waals surface area (Å²) in [7, 11) is 0. The van der Waals surface area contributed by atoms with Gasteiger partial charge in [0.05, 0.1) is 0 Å². The Morgan fingerprint density at radius 2 is 0.800 bits per heavy atom. The molecule has 16 N–H and O–H groups in total. The van der Waals surface area contributed by atoms with Crippen molar-refractivity contribution in [1.82, 2.24) is 0 Å². The van der Waals surface area contributed by atoms with E-state index in [1.54, 1.807) is 0 Å². The van der Waals surface area contributed by atoms with Crippen LogP contribution < -0.4 is 0 Å². The summed E-state index contributed by atoms with van der Waals surface area (Å²) in [6.45, 7) is 0. The van der Waals surface area contributed by atoms with Gasteiger partial charge in [-0.1, -0.05) is 6.42 Å². The van der Waals surface area contributed by atoms with E-state index < -0.39 is 0 Å². The molecule has 1 aliphatic carbocycles. The third-order valence-corrected chi connectivity index (χ3v) is 1.41. The maximum Gasteiger partial charge on any atom is 0.132 e. The van der Waals surface area contributed by atoms with Gasteiger partial charge < -0.3 is 43.8 Å². The molecule has 9 heteroatoms. The van der Waals surface area contributed by atoms with Gasteiger partial charge in [-0.2, -0.15) is 0 Å². The summed E-state index contributed by atoms with van der Waals surface area (Å²) in [4.78, 5) is 10.5. The smallest absolute Gasteiger partial charge is 0.132 e. The topological polar surface area (TPSA) is 269 Å². The van der Waals surface area contributed by atoms with Gasteiger partial charge in [-0.3, -0.25) is 4.79 Å². The third kappa shape index (κ3) is 31.8. The van der Waals surface area contributed by atoms with Gasteiger partial charge in [0.25, 0.3) is 0 Å². The van der Waals surface area contributed by atoms with Crippen molar-refractivity contribution in [2.24, 2.45) is 0 Å². The van der Waals surface area contributed by atoms with Crippen molar-refractivity contribution < 1.29 is 48.6 Å². The summed E-state index contributed by atoms with van der Waals surface area (Å²) in [5.41, 5.74) is 0. The third-order valence-electron chi connectivity index (χ3n) is 1.41. The molecule has 9 nitrogen and oxygen atoms in total. The van der Waals surface area contributed by atoms with Crippen molar-refractivity contribution in [2.45, 2.75) is 32.1 Å². The number of ketones is 1. The second kappa shape index (κ2) is 37.7. The van der Waals surface area contributed by atoms with Crippen LogP contribution in [0.1, 0.15) is 32.1 Å². The minimum absolute atomic E-state index is 0. The molecule has 0 aromatic rings. The van der Waals surface area contributed by atoms with Crippen LogP contribution in [-0.4, -0.2) is 49.6 Å². The van der Waals surface area contributed by atoms with Crippen molar-refractivity contribution in [2.75, 3.05) is 0 Å². The molecule has 1 rings (SSSR count). The van der Waals surface area contributed by atoms with Gasteiger partial charge in [0.2, 0.25) is 0 Å². The first-order valence-corrected chi connectivity index (χ1v) is 2.91. The summed E-state index contributed by atoms with van der Waals surface area (Å²) in [6, 6.07) is 0. The second-order valence-corrected chi connectivity index (χ2v) is 2.10. The maximum absolute atomic E-state index is 10.5. The van der Waals surface area contributed by atoms with Crippen molar-refractivity contribution in [3.05, 3.63) is 0 Å². The number of Topliss-reactive ketones (excluding diaryl/α,β-unsaturated/α-hetero) is 1. The van der Waals surface area contributed by atoms with Crippen molar-refractivity contribution in [3.8, 4) is 0 Å². The van der Waals surface area contributed by atoms with E-state index in [2.05, 4.69) is 0 Å². The van der Waals surface area contributed by atoms with E-state index in [4.69, 9.17) is 0 Å². The molecule has 0 unspecified atom stereocenters. The molecule has 0 radical (unpaired) electrons. The molecular formula is C6H26O9. The molecular weight excluding hydrogens is 216 g/mol. The lowest BCUT2D eigenvalue weighted by Gasteiger charge is -2.05. The van der Waals surface area contributed by atoms with Crippen molar-refractivity contribution in [1.29, 1.82) is 0 Å². The second-order valence-electron chi connectivity index (χ2n) is 2.10. The van der Waals surface area contributed by atoms with E-state index >= 15 is 0 Å². The number of hydrogen-bond donors (Lipinski definition) is 0. The highest BCUT2D eigenvalue weighted by atomic mass is 16.1. The van der Waals surface area contributed by atoms with Gasteiger partial charge in [-0.15, -0.1) is 0 Å². The molecule has 1 aliphatic rings. The molecule has 0 amide bonds. The van der Waals surface area contributed by atoms with Gasteiger partial charge >= 0.3 is 0 Å². The zero-order valence-electron chi connectivity index (χ0n) is 8.44. The predicted octanol–water partition coefficient (Wildman–Crippen LogP) is -5.08. The molecule has 0 aromatic carbocycles. The van der Waals surface area contributed by atoms with Crippen molar-refractivity contribution in [3.63, 3.8) is 0 Å². The fourth-order valence-corrected chi connectivity index (χ4v) is 0.946. The number of hydrogen-bond acceptors (Lipinski definition) is 1. The van der Waals surface area contributed by atoms with Gasteiger partial charge in [0.15, 0.2) is 0 Å². The Kier molecular flexibility index (Phi) is 159. The van der Waals surface area contributed by atoms with E-state index in [9.17, 15) is 4.79 Å². The molecule has 1 saturated carbocycles. The first-order valence-electron chi connectivity index (χ1n) is 2.91. The Hall–Kier alpha value is -0.650. The van der Waals surface area contributed by atoms with Crippen LogP contribution in [0.25, 0.3) is 0 Å². The molecule has 15 heavy (non-hydrogen) atoms. The van der Waals surface area contributed by atoms with Gasteiger partial charge in [-0.05, 0) is 12.8 Å². The molecule has 0 aliphatic heterocycles. The quantitative estimate of drug-likeness (QED) is 0.395. The molecule has 0 heterocycles. The van der Waals surface area contributed by atoms with E-state index in [1.165, 1.54) is 6.42 Å². The fourth-order valence-electron chi connectivity index (χ4n) is 0.946. The van der Waals surface area contributed by atoms with Crippen LogP contribution in [0.4, 0.5) is 0 Å². The number of carbonyl (C=O) groups excluding carboxylic acids is 1. The van der Waals surface area contributed by atoms with Gasteiger partial charge in [0, 0.05) is 12.8 Å². The Morgan fingerprint density at radius 1 is 0.533 bits per heavy atom. The first-order chi connectivity index (χ1) is 3.39. The van der Waals surface area contributed by atoms with Crippen molar-refractivity contribution >= 4 is 5.78 Å². The molecule has 0 bridgehead atoms. The van der Waals surface area contributed by atoms with Crippen LogP contribution in [-0.2, 0) is 4.79 Å². The highest BCUT2D eigenvalue weighted by Crippen LogP contribution is 2.12. The first kappa shape index (κ1) is 63.4. The SMILES string of the molecule is O.O.O.O.O.O.O.O.O=C1CCCCC1. The van der Waals surface area contributed by atoms with E-state index in [0.29, 0.717) is 5.78 Å². The summed E-state index contributed by atoms with van der Waals surface area (Å²) in [6.07, 6.45) is 5.24. The normalized spacial score (nSPS) is 10.5. The minimum atomic E-state index is 0. The standard InChI is InChI=1S/C6H10O.8H2O/c7-6-4-2-1-3-5-6;;;;;;;;/h1-5H2;8*1H2. The molecule has 104 valence electrons. The molecule has 1 fully saturated rings. The van der Waals surface area contributed by atoms with Crippen LogP contribution in [0.3, 0.4) is 0 Å². The van der Waals surface area contributed by atoms with E-state index in [-0.39, 0.29) is 43.8 Å².